The number of sulfonamides is 1. The summed E-state index contributed by atoms with van der Waals surface area (Å²) in [6.07, 6.45) is 4.41. The minimum Gasteiger partial charge on any atom is -0.481 e. The molecular formula is C17H19FN2O5S. The zero-order chi connectivity index (χ0) is 18.9. The van der Waals surface area contributed by atoms with Gasteiger partial charge in [-0.15, -0.1) is 0 Å². The molecule has 0 aromatic heterocycles. The summed E-state index contributed by atoms with van der Waals surface area (Å²) in [6.45, 7) is 0.301. The number of hydrogen-bond donors (Lipinski definition) is 2. The van der Waals surface area contributed by atoms with Crippen LogP contribution in [0.1, 0.15) is 19.3 Å². The van der Waals surface area contributed by atoms with Crippen LogP contribution in [0.25, 0.3) is 0 Å². The maximum Gasteiger partial charge on any atom is 0.307 e. The number of aliphatic carboxylic acids is 1. The van der Waals surface area contributed by atoms with Gasteiger partial charge in [0.1, 0.15) is 5.82 Å². The van der Waals surface area contributed by atoms with Gasteiger partial charge in [0.05, 0.1) is 29.0 Å². The summed E-state index contributed by atoms with van der Waals surface area (Å²) in [6, 6.07) is 3.70. The van der Waals surface area contributed by atoms with E-state index in [9.17, 15) is 27.5 Å². The highest BCUT2D eigenvalue weighted by Crippen LogP contribution is 2.31. The lowest BCUT2D eigenvalue weighted by atomic mass is 9.82. The highest BCUT2D eigenvalue weighted by atomic mass is 32.2. The third-order valence-corrected chi connectivity index (χ3v) is 6.55. The molecule has 2 N–H and O–H groups in total. The molecule has 1 aromatic carbocycles. The summed E-state index contributed by atoms with van der Waals surface area (Å²) in [7, 11) is -3.43. The van der Waals surface area contributed by atoms with Gasteiger partial charge in [-0.2, -0.15) is 0 Å². The van der Waals surface area contributed by atoms with E-state index in [1.165, 1.54) is 16.4 Å². The molecule has 1 amide bonds. The standard InChI is InChI=1S/C17H19FN2O5S/c18-14-7-6-11(20-8-3-9-26(20,24)25)10-15(14)19-16(21)12-4-1-2-5-13(12)17(22)23/h1-2,6-7,10,12-13H,3-5,8-9H2,(H,19,21)(H,22,23)/t12-,13+/m0/s1. The lowest BCUT2D eigenvalue weighted by Crippen LogP contribution is -2.35. The average Bonchev–Trinajstić information content (AvgIpc) is 2.96. The molecule has 0 saturated carbocycles. The van der Waals surface area contributed by atoms with Crippen LogP contribution in [0.15, 0.2) is 30.4 Å². The Labute approximate surface area is 150 Å². The van der Waals surface area contributed by atoms with E-state index >= 15 is 0 Å². The van der Waals surface area contributed by atoms with Gasteiger partial charge in [0.25, 0.3) is 0 Å². The second-order valence-corrected chi connectivity index (χ2v) is 8.40. The van der Waals surface area contributed by atoms with Gasteiger partial charge in [-0.1, -0.05) is 12.2 Å². The molecule has 0 unspecified atom stereocenters. The Morgan fingerprint density at radius 1 is 1.19 bits per heavy atom. The van der Waals surface area contributed by atoms with Crippen LogP contribution in [0.4, 0.5) is 15.8 Å². The van der Waals surface area contributed by atoms with Crippen LogP contribution < -0.4 is 9.62 Å². The van der Waals surface area contributed by atoms with Crippen LogP contribution in [0.2, 0.25) is 0 Å². The predicted octanol–water partition coefficient (Wildman–Crippen LogP) is 1.97. The Hall–Kier alpha value is -2.42. The minimum atomic E-state index is -3.43. The van der Waals surface area contributed by atoms with Crippen LogP contribution in [-0.4, -0.2) is 37.7 Å². The third kappa shape index (κ3) is 3.57. The third-order valence-electron chi connectivity index (χ3n) is 4.68. The van der Waals surface area contributed by atoms with Crippen molar-refractivity contribution in [2.75, 3.05) is 21.9 Å². The molecule has 1 aliphatic carbocycles. The summed E-state index contributed by atoms with van der Waals surface area (Å²) in [5, 5.41) is 11.7. The zero-order valence-electron chi connectivity index (χ0n) is 13.9. The Morgan fingerprint density at radius 3 is 2.50 bits per heavy atom. The Balaban J connectivity index is 1.83. The fraction of sp³-hybridized carbons (Fsp3) is 0.412. The highest BCUT2D eigenvalue weighted by Gasteiger charge is 2.34. The number of carbonyl (C=O) groups is 2. The van der Waals surface area contributed by atoms with Gasteiger partial charge in [0.15, 0.2) is 0 Å². The van der Waals surface area contributed by atoms with Gasteiger partial charge in [0, 0.05) is 6.54 Å². The van der Waals surface area contributed by atoms with Gasteiger partial charge >= 0.3 is 5.97 Å². The summed E-state index contributed by atoms with van der Waals surface area (Å²) in [5.74, 6) is -4.03. The van der Waals surface area contributed by atoms with Crippen molar-refractivity contribution < 1.29 is 27.5 Å². The first kappa shape index (κ1) is 18.4. The van der Waals surface area contributed by atoms with Crippen molar-refractivity contribution in [2.45, 2.75) is 19.3 Å². The summed E-state index contributed by atoms with van der Waals surface area (Å²) in [5.41, 5.74) is 0.116. The number of rotatable bonds is 4. The number of allylic oxidation sites excluding steroid dienone is 2. The van der Waals surface area contributed by atoms with Gasteiger partial charge < -0.3 is 10.4 Å². The van der Waals surface area contributed by atoms with Crippen molar-refractivity contribution in [3.05, 3.63) is 36.2 Å². The van der Waals surface area contributed by atoms with E-state index in [4.69, 9.17) is 0 Å². The van der Waals surface area contributed by atoms with Crippen molar-refractivity contribution in [3.63, 3.8) is 0 Å². The van der Waals surface area contributed by atoms with Crippen LogP contribution in [0, 0.1) is 17.7 Å². The Morgan fingerprint density at radius 2 is 1.88 bits per heavy atom. The number of nitrogens with one attached hydrogen (secondary N) is 1. The number of halogens is 1. The zero-order valence-corrected chi connectivity index (χ0v) is 14.7. The van der Waals surface area contributed by atoms with Gasteiger partial charge in [-0.25, -0.2) is 12.8 Å². The van der Waals surface area contributed by atoms with Crippen molar-refractivity contribution in [1.82, 2.24) is 0 Å². The largest absolute Gasteiger partial charge is 0.481 e. The quantitative estimate of drug-likeness (QED) is 0.775. The van der Waals surface area contributed by atoms with Crippen molar-refractivity contribution in [3.8, 4) is 0 Å². The van der Waals surface area contributed by atoms with Crippen molar-refractivity contribution >= 4 is 33.3 Å². The second kappa shape index (κ2) is 7.06. The van der Waals surface area contributed by atoms with Crippen LogP contribution >= 0.6 is 0 Å². The smallest absolute Gasteiger partial charge is 0.307 e. The lowest BCUT2D eigenvalue weighted by molar-refractivity contribution is -0.146. The van der Waals surface area contributed by atoms with E-state index in [0.29, 0.717) is 13.0 Å². The monoisotopic (exact) mass is 382 g/mol. The first-order valence-electron chi connectivity index (χ1n) is 8.28. The molecule has 0 radical (unpaired) electrons. The molecule has 7 nitrogen and oxygen atoms in total. The fourth-order valence-electron chi connectivity index (χ4n) is 3.30. The average molecular weight is 382 g/mol. The molecule has 1 fully saturated rings. The highest BCUT2D eigenvalue weighted by molar-refractivity contribution is 7.93. The molecule has 1 aliphatic heterocycles. The van der Waals surface area contributed by atoms with Crippen LogP contribution in [0.5, 0.6) is 0 Å². The van der Waals surface area contributed by atoms with E-state index in [2.05, 4.69) is 5.32 Å². The molecule has 140 valence electrons. The molecule has 0 spiro atoms. The fourth-order valence-corrected chi connectivity index (χ4v) is 4.85. The Kier molecular flexibility index (Phi) is 4.99. The molecule has 9 heteroatoms. The van der Waals surface area contributed by atoms with Crippen molar-refractivity contribution in [1.29, 1.82) is 0 Å². The molecule has 26 heavy (non-hydrogen) atoms. The normalized spacial score (nSPS) is 24.4. The van der Waals surface area contributed by atoms with Crippen LogP contribution in [0.3, 0.4) is 0 Å². The van der Waals surface area contributed by atoms with E-state index in [0.717, 1.165) is 6.07 Å². The molecule has 1 saturated heterocycles. The number of nitrogens with zero attached hydrogens (tertiary/aromatic N) is 1. The topological polar surface area (TPSA) is 104 Å². The first-order valence-corrected chi connectivity index (χ1v) is 9.89. The van der Waals surface area contributed by atoms with E-state index < -0.39 is 39.6 Å². The SMILES string of the molecule is O=C(Nc1cc(N2CCCS2(=O)=O)ccc1F)[C@H]1CC=CC[C@H]1C(=O)O. The molecule has 2 aliphatic rings. The summed E-state index contributed by atoms with van der Waals surface area (Å²) >= 11 is 0. The van der Waals surface area contributed by atoms with Gasteiger partial charge in [-0.05, 0) is 37.5 Å². The summed E-state index contributed by atoms with van der Waals surface area (Å²) in [4.78, 5) is 23.8. The van der Waals surface area contributed by atoms with Crippen LogP contribution in [-0.2, 0) is 19.6 Å². The predicted molar refractivity (Wildman–Crippen MR) is 93.8 cm³/mol. The lowest BCUT2D eigenvalue weighted by Gasteiger charge is -2.24. The second-order valence-electron chi connectivity index (χ2n) is 6.39. The molecule has 3 rings (SSSR count). The summed E-state index contributed by atoms with van der Waals surface area (Å²) < 4.78 is 39.3. The first-order chi connectivity index (χ1) is 12.3. The maximum absolute atomic E-state index is 14.1. The number of anilines is 2. The minimum absolute atomic E-state index is 0.0285. The van der Waals surface area contributed by atoms with Crippen molar-refractivity contribution in [2.24, 2.45) is 11.8 Å². The molecule has 2 atom stereocenters. The van der Waals surface area contributed by atoms with E-state index in [1.54, 1.807) is 12.2 Å². The van der Waals surface area contributed by atoms with Gasteiger partial charge in [0.2, 0.25) is 15.9 Å². The Bertz CT molecular complexity index is 868. The van der Waals surface area contributed by atoms with E-state index in [-0.39, 0.29) is 30.0 Å². The number of amides is 1. The molecular weight excluding hydrogens is 363 g/mol. The van der Waals surface area contributed by atoms with E-state index in [1.807, 2.05) is 0 Å². The number of carbonyl (C=O) groups excluding carboxylic acids is 1. The number of benzene rings is 1. The molecule has 1 aromatic rings. The molecule has 1 heterocycles. The number of carboxylic acid groups (broad SMARTS) is 1. The molecule has 0 bridgehead atoms. The van der Waals surface area contributed by atoms with Gasteiger partial charge in [-0.3, -0.25) is 13.9 Å². The number of carboxylic acids is 1. The maximum atomic E-state index is 14.1. The number of hydrogen-bond acceptors (Lipinski definition) is 4.